The first-order valence-corrected chi connectivity index (χ1v) is 12.3. The van der Waals surface area contributed by atoms with Gasteiger partial charge in [0, 0.05) is 55.6 Å². The van der Waals surface area contributed by atoms with Crippen LogP contribution in [0, 0.1) is 23.7 Å². The molecule has 0 aliphatic carbocycles. The number of anilines is 2. The van der Waals surface area contributed by atoms with Gasteiger partial charge in [-0.1, -0.05) is 19.1 Å². The van der Waals surface area contributed by atoms with Gasteiger partial charge in [0.2, 0.25) is 5.95 Å². The fourth-order valence-electron chi connectivity index (χ4n) is 5.81. The van der Waals surface area contributed by atoms with Gasteiger partial charge in [0.15, 0.2) is 0 Å². The molecule has 0 bridgehead atoms. The van der Waals surface area contributed by atoms with E-state index in [1.54, 1.807) is 0 Å². The fraction of sp³-hybridized carbons (Fsp3) is 0.462. The number of amidine groups is 1. The Kier molecular flexibility index (Phi) is 5.32. The van der Waals surface area contributed by atoms with E-state index in [4.69, 9.17) is 20.7 Å². The molecule has 3 N–H and O–H groups in total. The minimum Gasteiger partial charge on any atom is -0.399 e. The van der Waals surface area contributed by atoms with E-state index in [9.17, 15) is 0 Å². The SMILES string of the molecule is CC1C(c2cnc(N3CCC4CNCC4CC3)nc2-c2ccc(N)cc2)=CN=C2C1C=NN2C. The van der Waals surface area contributed by atoms with Gasteiger partial charge in [0.25, 0.3) is 0 Å². The molecule has 176 valence electrons. The summed E-state index contributed by atoms with van der Waals surface area (Å²) in [5, 5.41) is 9.87. The third-order valence-corrected chi connectivity index (χ3v) is 7.97. The van der Waals surface area contributed by atoms with Crippen LogP contribution in [0.1, 0.15) is 25.3 Å². The molecule has 4 atom stereocenters. The highest BCUT2D eigenvalue weighted by atomic mass is 15.5. The highest BCUT2D eigenvalue weighted by Gasteiger charge is 2.35. The van der Waals surface area contributed by atoms with Crippen LogP contribution < -0.4 is 16.0 Å². The van der Waals surface area contributed by atoms with Gasteiger partial charge >= 0.3 is 0 Å². The minimum absolute atomic E-state index is 0.169. The molecule has 8 heteroatoms. The average molecular weight is 457 g/mol. The van der Waals surface area contributed by atoms with Crippen LogP contribution in [0.4, 0.5) is 11.6 Å². The average Bonchev–Trinajstić information content (AvgIpc) is 3.41. The molecule has 0 saturated carbocycles. The lowest BCUT2D eigenvalue weighted by molar-refractivity contribution is 0.409. The number of hydrazone groups is 1. The van der Waals surface area contributed by atoms with Crippen LogP contribution in [-0.4, -0.2) is 60.3 Å². The summed E-state index contributed by atoms with van der Waals surface area (Å²) < 4.78 is 0. The first kappa shape index (κ1) is 21.3. The van der Waals surface area contributed by atoms with Crippen molar-refractivity contribution in [1.29, 1.82) is 0 Å². The molecule has 2 fully saturated rings. The van der Waals surface area contributed by atoms with Gasteiger partial charge in [0.1, 0.15) is 5.84 Å². The summed E-state index contributed by atoms with van der Waals surface area (Å²) in [5.41, 5.74) is 10.9. The highest BCUT2D eigenvalue weighted by Crippen LogP contribution is 2.39. The lowest BCUT2D eigenvalue weighted by atomic mass is 9.82. The number of aliphatic imine (C=N–C) groups is 1. The molecule has 2 aromatic rings. The number of rotatable bonds is 3. The fourth-order valence-corrected chi connectivity index (χ4v) is 5.81. The normalized spacial score (nSPS) is 28.3. The zero-order chi connectivity index (χ0) is 23.2. The summed E-state index contributed by atoms with van der Waals surface area (Å²) >= 11 is 0. The molecule has 1 aromatic heterocycles. The Hall–Kier alpha value is -3.26. The largest absolute Gasteiger partial charge is 0.399 e. The van der Waals surface area contributed by atoms with Gasteiger partial charge in [-0.15, -0.1) is 0 Å². The Labute approximate surface area is 200 Å². The van der Waals surface area contributed by atoms with Crippen molar-refractivity contribution in [3.8, 4) is 11.3 Å². The van der Waals surface area contributed by atoms with Crippen molar-refractivity contribution in [2.24, 2.45) is 33.8 Å². The molecule has 6 rings (SSSR count). The van der Waals surface area contributed by atoms with Crippen LogP contribution in [0.2, 0.25) is 0 Å². The zero-order valence-corrected chi connectivity index (χ0v) is 19.9. The standard InChI is InChI=1S/C26H32N8/c1-16-21(13-29-25-22(16)15-31-33(25)2)23-14-30-26(32-24(23)17-3-5-20(27)6-4-17)34-9-7-18-11-28-12-19(18)8-10-34/h3-6,13-16,18-19,22,28H,7-12,27H2,1-2H3. The smallest absolute Gasteiger partial charge is 0.225 e. The number of aromatic nitrogens is 2. The molecular weight excluding hydrogens is 424 g/mol. The van der Waals surface area contributed by atoms with Crippen LogP contribution >= 0.6 is 0 Å². The third kappa shape index (κ3) is 3.66. The van der Waals surface area contributed by atoms with Crippen molar-refractivity contribution < 1.29 is 0 Å². The molecular formula is C26H32N8. The summed E-state index contributed by atoms with van der Waals surface area (Å²) in [6.45, 7) is 6.52. The van der Waals surface area contributed by atoms with Crippen molar-refractivity contribution in [2.75, 3.05) is 43.9 Å². The molecule has 1 aromatic carbocycles. The van der Waals surface area contributed by atoms with Crippen molar-refractivity contribution in [1.82, 2.24) is 20.3 Å². The Morgan fingerprint density at radius 2 is 1.79 bits per heavy atom. The highest BCUT2D eigenvalue weighted by molar-refractivity contribution is 6.04. The second-order valence-corrected chi connectivity index (χ2v) is 9.97. The number of allylic oxidation sites excluding steroid dienone is 1. The summed E-state index contributed by atoms with van der Waals surface area (Å²) in [5.74, 6) is 3.75. The van der Waals surface area contributed by atoms with Gasteiger partial charge < -0.3 is 16.0 Å². The third-order valence-electron chi connectivity index (χ3n) is 7.97. The summed E-state index contributed by atoms with van der Waals surface area (Å²) in [6.07, 6.45) is 8.35. The van der Waals surface area contributed by atoms with E-state index in [1.165, 1.54) is 12.8 Å². The quantitative estimate of drug-likeness (QED) is 0.689. The van der Waals surface area contributed by atoms with Crippen molar-refractivity contribution in [3.63, 3.8) is 0 Å². The topological polar surface area (TPSA) is 95.0 Å². The first-order valence-electron chi connectivity index (χ1n) is 12.3. The Morgan fingerprint density at radius 3 is 2.53 bits per heavy atom. The number of fused-ring (bicyclic) bond motifs is 2. The number of nitrogens with zero attached hydrogens (tertiary/aromatic N) is 6. The molecule has 4 unspecified atom stereocenters. The molecule has 2 saturated heterocycles. The van der Waals surface area contributed by atoms with Crippen molar-refractivity contribution >= 4 is 29.3 Å². The molecule has 34 heavy (non-hydrogen) atoms. The van der Waals surface area contributed by atoms with Crippen molar-refractivity contribution in [2.45, 2.75) is 19.8 Å². The molecule has 0 radical (unpaired) electrons. The summed E-state index contributed by atoms with van der Waals surface area (Å²) in [4.78, 5) is 17.2. The predicted molar refractivity (Wildman–Crippen MR) is 137 cm³/mol. The van der Waals surface area contributed by atoms with E-state index in [1.807, 2.05) is 42.8 Å². The van der Waals surface area contributed by atoms with E-state index in [0.29, 0.717) is 0 Å². The van der Waals surface area contributed by atoms with Gasteiger partial charge in [-0.2, -0.15) is 5.10 Å². The van der Waals surface area contributed by atoms with Gasteiger partial charge in [-0.3, -0.25) is 5.01 Å². The van der Waals surface area contributed by atoms with Gasteiger partial charge in [-0.25, -0.2) is 15.0 Å². The van der Waals surface area contributed by atoms with E-state index >= 15 is 0 Å². The number of hydrogen-bond acceptors (Lipinski definition) is 8. The Bertz CT molecular complexity index is 1150. The molecule has 0 spiro atoms. The van der Waals surface area contributed by atoms with Crippen LogP contribution in [0.15, 0.2) is 46.8 Å². The lowest BCUT2D eigenvalue weighted by Crippen LogP contribution is -2.30. The van der Waals surface area contributed by atoms with Crippen LogP contribution in [-0.2, 0) is 0 Å². The number of nitrogens with one attached hydrogen (secondary N) is 1. The number of nitrogens with two attached hydrogens (primary N) is 1. The second-order valence-electron chi connectivity index (χ2n) is 9.97. The molecule has 0 amide bonds. The maximum atomic E-state index is 5.99. The second kappa shape index (κ2) is 8.51. The number of hydrogen-bond donors (Lipinski definition) is 2. The van der Waals surface area contributed by atoms with Crippen molar-refractivity contribution in [3.05, 3.63) is 42.2 Å². The Balaban J connectivity index is 1.39. The van der Waals surface area contributed by atoms with E-state index in [2.05, 4.69) is 34.4 Å². The summed E-state index contributed by atoms with van der Waals surface area (Å²) in [6, 6.07) is 7.98. The molecule has 8 nitrogen and oxygen atoms in total. The number of nitrogen functional groups attached to an aromatic ring is 1. The van der Waals surface area contributed by atoms with E-state index in [-0.39, 0.29) is 11.8 Å². The van der Waals surface area contributed by atoms with E-state index < -0.39 is 0 Å². The van der Waals surface area contributed by atoms with Crippen LogP contribution in [0.3, 0.4) is 0 Å². The molecule has 5 heterocycles. The minimum atomic E-state index is 0.169. The van der Waals surface area contributed by atoms with Crippen LogP contribution in [0.5, 0.6) is 0 Å². The monoisotopic (exact) mass is 456 g/mol. The molecule has 4 aliphatic rings. The van der Waals surface area contributed by atoms with Gasteiger partial charge in [0.05, 0.1) is 11.6 Å². The van der Waals surface area contributed by atoms with Crippen LogP contribution in [0.25, 0.3) is 16.8 Å². The summed E-state index contributed by atoms with van der Waals surface area (Å²) in [7, 11) is 1.95. The lowest BCUT2D eigenvalue weighted by Gasteiger charge is -2.28. The Morgan fingerprint density at radius 1 is 1.06 bits per heavy atom. The first-order chi connectivity index (χ1) is 16.6. The van der Waals surface area contributed by atoms with Gasteiger partial charge in [-0.05, 0) is 61.4 Å². The molecule has 4 aliphatic heterocycles. The number of benzene rings is 1. The maximum Gasteiger partial charge on any atom is 0.225 e. The predicted octanol–water partition coefficient (Wildman–Crippen LogP) is 3.10. The van der Waals surface area contributed by atoms with E-state index in [0.717, 1.165) is 77.9 Å². The zero-order valence-electron chi connectivity index (χ0n) is 19.9. The maximum absolute atomic E-state index is 5.99.